The lowest BCUT2D eigenvalue weighted by Gasteiger charge is -2.38. The van der Waals surface area contributed by atoms with Crippen LogP contribution >= 0.6 is 11.6 Å². The molecule has 144 valence electrons. The van der Waals surface area contributed by atoms with Crippen LogP contribution in [0.15, 0.2) is 41.0 Å². The Kier molecular flexibility index (Phi) is 6.06. The van der Waals surface area contributed by atoms with Crippen molar-refractivity contribution in [1.29, 1.82) is 0 Å². The van der Waals surface area contributed by atoms with Crippen LogP contribution in [0.1, 0.15) is 31.1 Å². The molecule has 0 unspecified atom stereocenters. The molecule has 1 N–H and O–H groups in total. The number of amides is 3. The Hall–Kier alpha value is -2.47. The zero-order valence-electron chi connectivity index (χ0n) is 15.6. The number of aryl methyl sites for hydroxylation is 1. The van der Waals surface area contributed by atoms with Crippen molar-refractivity contribution in [2.45, 2.75) is 39.3 Å². The molecule has 1 aliphatic rings. The van der Waals surface area contributed by atoms with Crippen molar-refractivity contribution in [3.05, 3.63) is 52.9 Å². The van der Waals surface area contributed by atoms with Gasteiger partial charge in [-0.15, -0.1) is 0 Å². The number of likely N-dealkylation sites (tertiary alicyclic amines) is 1. The van der Waals surface area contributed by atoms with Gasteiger partial charge in [0.2, 0.25) is 5.91 Å². The van der Waals surface area contributed by atoms with E-state index in [2.05, 4.69) is 5.32 Å². The van der Waals surface area contributed by atoms with Crippen molar-refractivity contribution < 1.29 is 14.0 Å². The molecule has 1 aliphatic heterocycles. The number of nitrogens with one attached hydrogen (secondary N) is 1. The third kappa shape index (κ3) is 4.83. The van der Waals surface area contributed by atoms with Crippen molar-refractivity contribution in [2.75, 3.05) is 18.4 Å². The smallest absolute Gasteiger partial charge is 0.322 e. The number of hydrogen-bond acceptors (Lipinski definition) is 3. The highest BCUT2D eigenvalue weighted by molar-refractivity contribution is 6.33. The predicted octanol–water partition coefficient (Wildman–Crippen LogP) is 4.29. The lowest BCUT2D eigenvalue weighted by Crippen LogP contribution is -2.49. The summed E-state index contributed by atoms with van der Waals surface area (Å²) >= 11 is 6.26. The van der Waals surface area contributed by atoms with E-state index in [1.54, 1.807) is 30.2 Å². The Morgan fingerprint density at radius 3 is 2.63 bits per heavy atom. The van der Waals surface area contributed by atoms with E-state index < -0.39 is 0 Å². The van der Waals surface area contributed by atoms with E-state index in [1.165, 1.54) is 0 Å². The zero-order valence-corrected chi connectivity index (χ0v) is 16.3. The summed E-state index contributed by atoms with van der Waals surface area (Å²) in [6.07, 6.45) is 3.06. The van der Waals surface area contributed by atoms with E-state index in [9.17, 15) is 9.59 Å². The minimum Gasteiger partial charge on any atom is -0.467 e. The number of piperidine rings is 1. The number of benzene rings is 1. The summed E-state index contributed by atoms with van der Waals surface area (Å²) in [6, 6.07) is 8.99. The van der Waals surface area contributed by atoms with Crippen LogP contribution in [0, 0.1) is 6.92 Å². The quantitative estimate of drug-likeness (QED) is 0.848. The monoisotopic (exact) mass is 389 g/mol. The van der Waals surface area contributed by atoms with Gasteiger partial charge in [-0.3, -0.25) is 4.79 Å². The van der Waals surface area contributed by atoms with E-state index in [1.807, 2.05) is 30.0 Å². The molecule has 1 aromatic carbocycles. The third-order valence-electron chi connectivity index (χ3n) is 4.88. The first-order chi connectivity index (χ1) is 12.9. The molecule has 0 aliphatic carbocycles. The number of nitrogens with zero attached hydrogens (tertiary/aromatic N) is 2. The first kappa shape index (κ1) is 19.3. The molecule has 7 heteroatoms. The number of halogens is 1. The molecule has 0 saturated carbocycles. The van der Waals surface area contributed by atoms with Gasteiger partial charge in [0.1, 0.15) is 5.76 Å². The average Bonchev–Trinajstić information content (AvgIpc) is 3.15. The summed E-state index contributed by atoms with van der Waals surface area (Å²) in [5, 5.41) is 3.42. The first-order valence-corrected chi connectivity index (χ1v) is 9.43. The molecule has 27 heavy (non-hydrogen) atoms. The van der Waals surface area contributed by atoms with Crippen LogP contribution in [0.2, 0.25) is 5.02 Å². The van der Waals surface area contributed by atoms with Crippen LogP contribution in [0.25, 0.3) is 0 Å². The maximum atomic E-state index is 13.0. The van der Waals surface area contributed by atoms with Crippen molar-refractivity contribution >= 4 is 29.2 Å². The topological polar surface area (TPSA) is 65.8 Å². The van der Waals surface area contributed by atoms with Crippen LogP contribution < -0.4 is 5.32 Å². The second-order valence-electron chi connectivity index (χ2n) is 6.86. The molecule has 0 spiro atoms. The predicted molar refractivity (Wildman–Crippen MR) is 105 cm³/mol. The molecule has 1 fully saturated rings. The Balaban J connectivity index is 1.75. The molecule has 0 bridgehead atoms. The minimum atomic E-state index is -0.224. The Morgan fingerprint density at radius 2 is 2.04 bits per heavy atom. The SMILES string of the molecule is CC(=O)N1CCC(N(Cc2ccco2)C(=O)Nc2ccc(C)cc2Cl)CC1. The van der Waals surface area contributed by atoms with Gasteiger partial charge in [-0.2, -0.15) is 0 Å². The molecule has 3 rings (SSSR count). The number of urea groups is 1. The number of rotatable bonds is 4. The second kappa shape index (κ2) is 8.48. The van der Waals surface area contributed by atoms with Crippen LogP contribution in [0.4, 0.5) is 10.5 Å². The Labute approximate surface area is 164 Å². The zero-order chi connectivity index (χ0) is 19.4. The Bertz CT molecular complexity index is 799. The van der Waals surface area contributed by atoms with E-state index >= 15 is 0 Å². The lowest BCUT2D eigenvalue weighted by atomic mass is 10.0. The number of furan rings is 1. The molecule has 0 atom stereocenters. The second-order valence-corrected chi connectivity index (χ2v) is 7.27. The molecule has 1 aromatic heterocycles. The van der Waals surface area contributed by atoms with Gasteiger partial charge in [-0.1, -0.05) is 17.7 Å². The largest absolute Gasteiger partial charge is 0.467 e. The normalized spacial score (nSPS) is 14.9. The molecule has 0 radical (unpaired) electrons. The highest BCUT2D eigenvalue weighted by Crippen LogP contribution is 2.25. The highest BCUT2D eigenvalue weighted by atomic mass is 35.5. The summed E-state index contributed by atoms with van der Waals surface area (Å²) < 4.78 is 5.44. The van der Waals surface area contributed by atoms with Gasteiger partial charge in [0.05, 0.1) is 23.5 Å². The van der Waals surface area contributed by atoms with Crippen LogP contribution in [-0.2, 0) is 11.3 Å². The molecule has 6 nitrogen and oxygen atoms in total. The first-order valence-electron chi connectivity index (χ1n) is 9.05. The van der Waals surface area contributed by atoms with E-state index in [0.717, 1.165) is 18.4 Å². The number of carbonyl (C=O) groups excluding carboxylic acids is 2. The standard InChI is InChI=1S/C20H24ClN3O3/c1-14-5-6-19(18(21)12-14)22-20(26)24(13-17-4-3-11-27-17)16-7-9-23(10-8-16)15(2)25/h3-6,11-12,16H,7-10,13H2,1-2H3,(H,22,26). The maximum absolute atomic E-state index is 13.0. The van der Waals surface area contributed by atoms with Crippen molar-refractivity contribution in [2.24, 2.45) is 0 Å². The minimum absolute atomic E-state index is 0.0231. The van der Waals surface area contributed by atoms with Gasteiger partial charge in [0, 0.05) is 26.1 Å². The van der Waals surface area contributed by atoms with Gasteiger partial charge in [-0.05, 0) is 49.6 Å². The molecular formula is C20H24ClN3O3. The Morgan fingerprint density at radius 1 is 1.30 bits per heavy atom. The summed E-state index contributed by atoms with van der Waals surface area (Å²) in [7, 11) is 0. The number of carbonyl (C=O) groups is 2. The summed E-state index contributed by atoms with van der Waals surface area (Å²) in [4.78, 5) is 28.2. The highest BCUT2D eigenvalue weighted by Gasteiger charge is 2.29. The number of hydrogen-bond donors (Lipinski definition) is 1. The van der Waals surface area contributed by atoms with Crippen molar-refractivity contribution in [3.8, 4) is 0 Å². The summed E-state index contributed by atoms with van der Waals surface area (Å²) in [5.74, 6) is 0.788. The molecule has 2 aromatic rings. The fourth-order valence-corrected chi connectivity index (χ4v) is 3.62. The number of anilines is 1. The molecular weight excluding hydrogens is 366 g/mol. The van der Waals surface area contributed by atoms with Crippen LogP contribution in [-0.4, -0.2) is 40.9 Å². The van der Waals surface area contributed by atoms with Gasteiger partial charge in [-0.25, -0.2) is 4.79 Å². The van der Waals surface area contributed by atoms with Crippen LogP contribution in [0.3, 0.4) is 0 Å². The average molecular weight is 390 g/mol. The van der Waals surface area contributed by atoms with Gasteiger partial charge >= 0.3 is 6.03 Å². The van der Waals surface area contributed by atoms with Crippen molar-refractivity contribution in [1.82, 2.24) is 9.80 Å². The van der Waals surface area contributed by atoms with Crippen LogP contribution in [0.5, 0.6) is 0 Å². The van der Waals surface area contributed by atoms with E-state index in [-0.39, 0.29) is 18.0 Å². The lowest BCUT2D eigenvalue weighted by molar-refractivity contribution is -0.130. The van der Waals surface area contributed by atoms with Gasteiger partial charge in [0.15, 0.2) is 0 Å². The van der Waals surface area contributed by atoms with E-state index in [0.29, 0.717) is 36.1 Å². The van der Waals surface area contributed by atoms with Gasteiger partial charge in [0.25, 0.3) is 0 Å². The fraction of sp³-hybridized carbons (Fsp3) is 0.400. The van der Waals surface area contributed by atoms with Crippen molar-refractivity contribution in [3.63, 3.8) is 0 Å². The summed E-state index contributed by atoms with van der Waals surface area (Å²) in [6.45, 7) is 5.18. The summed E-state index contributed by atoms with van der Waals surface area (Å²) in [5.41, 5.74) is 1.61. The van der Waals surface area contributed by atoms with E-state index in [4.69, 9.17) is 16.0 Å². The molecule has 3 amide bonds. The van der Waals surface area contributed by atoms with Gasteiger partial charge < -0.3 is 19.5 Å². The molecule has 2 heterocycles. The fourth-order valence-electron chi connectivity index (χ4n) is 3.34. The maximum Gasteiger partial charge on any atom is 0.322 e. The third-order valence-corrected chi connectivity index (χ3v) is 5.20. The molecule has 1 saturated heterocycles.